The van der Waals surface area contributed by atoms with E-state index in [9.17, 15) is 9.59 Å². The zero-order valence-corrected chi connectivity index (χ0v) is 13.4. The van der Waals surface area contributed by atoms with Crippen LogP contribution in [0.25, 0.3) is 0 Å². The largest absolute Gasteiger partial charge is 0.496 e. The lowest BCUT2D eigenvalue weighted by Crippen LogP contribution is -2.51. The summed E-state index contributed by atoms with van der Waals surface area (Å²) in [5.41, 5.74) is 1.45. The van der Waals surface area contributed by atoms with E-state index in [1.165, 1.54) is 0 Å². The number of hydrogen-bond donors (Lipinski definition) is 1. The predicted octanol–water partition coefficient (Wildman–Crippen LogP) is 1.35. The summed E-state index contributed by atoms with van der Waals surface area (Å²) < 4.78 is 10.6. The van der Waals surface area contributed by atoms with Crippen molar-refractivity contribution in [3.05, 3.63) is 29.3 Å². The molecule has 1 saturated carbocycles. The molecule has 0 bridgehead atoms. The van der Waals surface area contributed by atoms with Crippen LogP contribution in [0.5, 0.6) is 5.75 Å². The minimum Gasteiger partial charge on any atom is -0.496 e. The molecule has 23 heavy (non-hydrogen) atoms. The summed E-state index contributed by atoms with van der Waals surface area (Å²) >= 11 is 0. The normalized spacial score (nSPS) is 22.5. The molecule has 3 rings (SSSR count). The number of aryl methyl sites for hydroxylation is 1. The summed E-state index contributed by atoms with van der Waals surface area (Å²) in [6, 6.07) is 5.86. The first-order valence-corrected chi connectivity index (χ1v) is 7.77. The van der Waals surface area contributed by atoms with Gasteiger partial charge in [-0.1, -0.05) is 12.1 Å². The van der Waals surface area contributed by atoms with E-state index in [1.54, 1.807) is 12.0 Å². The lowest BCUT2D eigenvalue weighted by Gasteiger charge is -2.33. The van der Waals surface area contributed by atoms with Crippen molar-refractivity contribution in [2.45, 2.75) is 31.3 Å². The van der Waals surface area contributed by atoms with Crippen LogP contribution in [0.15, 0.2) is 18.2 Å². The van der Waals surface area contributed by atoms with Gasteiger partial charge in [-0.15, -0.1) is 0 Å². The van der Waals surface area contributed by atoms with E-state index in [0.29, 0.717) is 6.54 Å². The fourth-order valence-electron chi connectivity index (χ4n) is 3.15. The molecule has 1 unspecified atom stereocenters. The molecule has 1 aromatic carbocycles. The first-order valence-electron chi connectivity index (χ1n) is 7.77. The number of rotatable bonds is 4. The SMILES string of the molecule is COc1cc(C2(C(=O)N3CCOC(C(=O)O)C3)CC2)ccc1C. The number of amides is 1. The van der Waals surface area contributed by atoms with Crippen LogP contribution in [-0.4, -0.2) is 54.8 Å². The molecule has 1 aliphatic heterocycles. The fraction of sp³-hybridized carbons (Fsp3) is 0.529. The van der Waals surface area contributed by atoms with Crippen molar-refractivity contribution < 1.29 is 24.2 Å². The van der Waals surface area contributed by atoms with Crippen molar-refractivity contribution in [1.29, 1.82) is 0 Å². The van der Waals surface area contributed by atoms with Gasteiger partial charge in [0.05, 0.1) is 25.7 Å². The Morgan fingerprint density at radius 3 is 2.74 bits per heavy atom. The van der Waals surface area contributed by atoms with Gasteiger partial charge in [0.25, 0.3) is 0 Å². The van der Waals surface area contributed by atoms with Gasteiger partial charge in [-0.05, 0) is 37.0 Å². The molecule has 0 aromatic heterocycles. The molecule has 1 heterocycles. The molecular formula is C17H21NO5. The number of morpholine rings is 1. The number of carboxylic acid groups (broad SMARTS) is 1. The van der Waals surface area contributed by atoms with Crippen LogP contribution in [0.3, 0.4) is 0 Å². The first-order chi connectivity index (χ1) is 11.0. The van der Waals surface area contributed by atoms with Gasteiger partial charge >= 0.3 is 5.97 Å². The second-order valence-corrected chi connectivity index (χ2v) is 6.22. The zero-order valence-electron chi connectivity index (χ0n) is 13.4. The summed E-state index contributed by atoms with van der Waals surface area (Å²) in [7, 11) is 1.62. The second-order valence-electron chi connectivity index (χ2n) is 6.22. The topological polar surface area (TPSA) is 76.1 Å². The van der Waals surface area contributed by atoms with E-state index in [2.05, 4.69) is 0 Å². The van der Waals surface area contributed by atoms with Crippen molar-refractivity contribution in [2.75, 3.05) is 26.8 Å². The quantitative estimate of drug-likeness (QED) is 0.906. The summed E-state index contributed by atoms with van der Waals surface area (Å²) in [4.78, 5) is 25.7. The van der Waals surface area contributed by atoms with Gasteiger partial charge in [-0.3, -0.25) is 4.79 Å². The molecule has 1 saturated heterocycles. The number of aliphatic carboxylic acids is 1. The molecule has 6 nitrogen and oxygen atoms in total. The Balaban J connectivity index is 1.82. The summed E-state index contributed by atoms with van der Waals surface area (Å²) in [5.74, 6) is -0.255. The third-order valence-electron chi connectivity index (χ3n) is 4.75. The molecule has 6 heteroatoms. The van der Waals surface area contributed by atoms with Crippen molar-refractivity contribution in [3.8, 4) is 5.75 Å². The molecule has 1 aliphatic carbocycles. The molecule has 2 fully saturated rings. The predicted molar refractivity (Wildman–Crippen MR) is 82.6 cm³/mol. The minimum absolute atomic E-state index is 0.00189. The fourth-order valence-corrected chi connectivity index (χ4v) is 3.15. The van der Waals surface area contributed by atoms with E-state index in [1.807, 2.05) is 25.1 Å². The van der Waals surface area contributed by atoms with Crippen LogP contribution < -0.4 is 4.74 Å². The van der Waals surface area contributed by atoms with Crippen LogP contribution in [-0.2, 0) is 19.7 Å². The Morgan fingerprint density at radius 2 is 2.13 bits per heavy atom. The maximum atomic E-state index is 13.0. The Hall–Kier alpha value is -2.08. The highest BCUT2D eigenvalue weighted by Gasteiger charge is 2.53. The zero-order chi connectivity index (χ0) is 16.6. The highest BCUT2D eigenvalue weighted by Crippen LogP contribution is 2.50. The Labute approximate surface area is 135 Å². The first kappa shape index (κ1) is 15.8. The van der Waals surface area contributed by atoms with Gasteiger partial charge in [0.2, 0.25) is 5.91 Å². The van der Waals surface area contributed by atoms with E-state index in [4.69, 9.17) is 14.6 Å². The Kier molecular flexibility index (Phi) is 4.02. The lowest BCUT2D eigenvalue weighted by atomic mass is 9.92. The van der Waals surface area contributed by atoms with E-state index in [-0.39, 0.29) is 19.1 Å². The molecule has 124 valence electrons. The van der Waals surface area contributed by atoms with Gasteiger partial charge in [-0.2, -0.15) is 0 Å². The van der Waals surface area contributed by atoms with Crippen molar-refractivity contribution in [1.82, 2.24) is 4.90 Å². The number of carbonyl (C=O) groups is 2. The number of carbonyl (C=O) groups excluding carboxylic acids is 1. The van der Waals surface area contributed by atoms with Crippen molar-refractivity contribution >= 4 is 11.9 Å². The van der Waals surface area contributed by atoms with Crippen LogP contribution >= 0.6 is 0 Å². The highest BCUT2D eigenvalue weighted by atomic mass is 16.5. The van der Waals surface area contributed by atoms with Crippen LogP contribution in [0.4, 0.5) is 0 Å². The third-order valence-corrected chi connectivity index (χ3v) is 4.75. The average molecular weight is 319 g/mol. The molecule has 1 amide bonds. The van der Waals surface area contributed by atoms with E-state index < -0.39 is 17.5 Å². The Morgan fingerprint density at radius 1 is 1.39 bits per heavy atom. The van der Waals surface area contributed by atoms with Gasteiger partial charge in [-0.25, -0.2) is 4.79 Å². The van der Waals surface area contributed by atoms with E-state index in [0.717, 1.165) is 29.7 Å². The number of ether oxygens (including phenoxy) is 2. The number of benzene rings is 1. The summed E-state index contributed by atoms with van der Waals surface area (Å²) in [5, 5.41) is 9.09. The number of hydrogen-bond acceptors (Lipinski definition) is 4. The molecule has 1 N–H and O–H groups in total. The monoisotopic (exact) mass is 319 g/mol. The van der Waals surface area contributed by atoms with Crippen molar-refractivity contribution in [2.24, 2.45) is 0 Å². The van der Waals surface area contributed by atoms with Gasteiger partial charge in [0, 0.05) is 6.54 Å². The highest BCUT2D eigenvalue weighted by molar-refractivity contribution is 5.92. The number of nitrogens with zero attached hydrogens (tertiary/aromatic N) is 1. The lowest BCUT2D eigenvalue weighted by molar-refractivity contribution is -0.160. The van der Waals surface area contributed by atoms with Crippen LogP contribution in [0.2, 0.25) is 0 Å². The second kappa shape index (κ2) is 5.85. The average Bonchev–Trinajstić information content (AvgIpc) is 3.36. The third kappa shape index (κ3) is 2.79. The maximum absolute atomic E-state index is 13.0. The minimum atomic E-state index is -1.02. The molecule has 2 aliphatic rings. The van der Waals surface area contributed by atoms with Gasteiger partial charge in [0.1, 0.15) is 5.75 Å². The molecule has 0 radical (unpaired) electrons. The van der Waals surface area contributed by atoms with Crippen molar-refractivity contribution in [3.63, 3.8) is 0 Å². The Bertz CT molecular complexity index is 638. The molecule has 1 atom stereocenters. The maximum Gasteiger partial charge on any atom is 0.334 e. The summed E-state index contributed by atoms with van der Waals surface area (Å²) in [6.45, 7) is 2.77. The summed E-state index contributed by atoms with van der Waals surface area (Å²) in [6.07, 6.45) is 0.636. The van der Waals surface area contributed by atoms with Crippen LogP contribution in [0.1, 0.15) is 24.0 Å². The smallest absolute Gasteiger partial charge is 0.334 e. The van der Waals surface area contributed by atoms with Gasteiger partial charge in [0.15, 0.2) is 6.10 Å². The number of methoxy groups -OCH3 is 1. The number of carboxylic acids is 1. The van der Waals surface area contributed by atoms with E-state index >= 15 is 0 Å². The van der Waals surface area contributed by atoms with Gasteiger partial charge < -0.3 is 19.5 Å². The molecular weight excluding hydrogens is 298 g/mol. The molecule has 1 aromatic rings. The molecule has 0 spiro atoms. The standard InChI is InChI=1S/C17H21NO5/c1-11-3-4-12(9-13(11)22-2)17(5-6-17)16(21)18-7-8-23-14(10-18)15(19)20/h3-4,9,14H,5-8,10H2,1-2H3,(H,19,20). The van der Waals surface area contributed by atoms with Crippen LogP contribution in [0, 0.1) is 6.92 Å².